The number of nitrogens with one attached hydrogen (secondary N) is 1. The van der Waals surface area contributed by atoms with E-state index in [0.29, 0.717) is 11.1 Å². The van der Waals surface area contributed by atoms with Gasteiger partial charge < -0.3 is 10.2 Å². The number of rotatable bonds is 4. The molecule has 0 aliphatic rings. The number of carboxylic acids is 1. The third-order valence-corrected chi connectivity index (χ3v) is 5.02. The van der Waals surface area contributed by atoms with E-state index in [0.717, 1.165) is 17.7 Å². The summed E-state index contributed by atoms with van der Waals surface area (Å²) in [4.78, 5) is 11.0. The molecule has 0 aromatic heterocycles. The second-order valence-electron chi connectivity index (χ2n) is 5.35. The van der Waals surface area contributed by atoms with Gasteiger partial charge in [0.15, 0.2) is 0 Å². The van der Waals surface area contributed by atoms with E-state index in [9.17, 15) is 18.3 Å². The van der Waals surface area contributed by atoms with E-state index in [1.165, 1.54) is 6.07 Å². The van der Waals surface area contributed by atoms with Gasteiger partial charge in [-0.15, -0.1) is 0 Å². The van der Waals surface area contributed by atoms with Crippen LogP contribution in [-0.4, -0.2) is 19.5 Å². The monoisotopic (exact) mass is 334 g/mol. The van der Waals surface area contributed by atoms with E-state index in [1.54, 1.807) is 26.0 Å². The SMILES string of the molecule is Cc1cc(C)c(S(=O)(=O)Nc2ccc(C(=O)O)c([O-])c2)c(C)c1. The van der Waals surface area contributed by atoms with Crippen LogP contribution in [0.3, 0.4) is 0 Å². The molecule has 6 nitrogen and oxygen atoms in total. The molecule has 0 spiro atoms. The second-order valence-corrected chi connectivity index (χ2v) is 6.97. The summed E-state index contributed by atoms with van der Waals surface area (Å²) in [6.07, 6.45) is 0. The highest BCUT2D eigenvalue weighted by molar-refractivity contribution is 7.92. The number of aryl methyl sites for hydroxylation is 3. The van der Waals surface area contributed by atoms with Gasteiger partial charge in [-0.3, -0.25) is 4.72 Å². The average molecular weight is 334 g/mol. The molecular formula is C16H16NO5S-. The smallest absolute Gasteiger partial charge is 0.335 e. The summed E-state index contributed by atoms with van der Waals surface area (Å²) in [6, 6.07) is 6.81. The van der Waals surface area contributed by atoms with Crippen molar-refractivity contribution in [2.24, 2.45) is 0 Å². The number of carbonyl (C=O) groups is 1. The predicted octanol–water partition coefficient (Wildman–Crippen LogP) is 2.18. The van der Waals surface area contributed by atoms with Gasteiger partial charge in [0.1, 0.15) is 0 Å². The van der Waals surface area contributed by atoms with Crippen LogP contribution in [0, 0.1) is 20.8 Å². The van der Waals surface area contributed by atoms with E-state index < -0.39 is 27.3 Å². The number of benzene rings is 2. The molecule has 23 heavy (non-hydrogen) atoms. The van der Waals surface area contributed by atoms with Crippen molar-refractivity contribution in [1.29, 1.82) is 0 Å². The van der Waals surface area contributed by atoms with Crippen molar-refractivity contribution in [3.8, 4) is 5.75 Å². The minimum atomic E-state index is -3.88. The summed E-state index contributed by atoms with van der Waals surface area (Å²) >= 11 is 0. The van der Waals surface area contributed by atoms with Crippen molar-refractivity contribution in [1.82, 2.24) is 0 Å². The lowest BCUT2D eigenvalue weighted by molar-refractivity contribution is -0.268. The zero-order valence-electron chi connectivity index (χ0n) is 12.9. The number of anilines is 1. The Morgan fingerprint density at radius 3 is 2.13 bits per heavy atom. The van der Waals surface area contributed by atoms with Crippen molar-refractivity contribution in [3.63, 3.8) is 0 Å². The fourth-order valence-corrected chi connectivity index (χ4v) is 4.06. The Morgan fingerprint density at radius 1 is 1.09 bits per heavy atom. The van der Waals surface area contributed by atoms with E-state index in [1.807, 2.05) is 6.92 Å². The molecule has 0 aliphatic heterocycles. The van der Waals surface area contributed by atoms with E-state index in [-0.39, 0.29) is 10.6 Å². The highest BCUT2D eigenvalue weighted by Gasteiger charge is 2.20. The maximum Gasteiger partial charge on any atom is 0.335 e. The molecule has 122 valence electrons. The first-order valence-electron chi connectivity index (χ1n) is 6.77. The largest absolute Gasteiger partial charge is 0.872 e. The Kier molecular flexibility index (Phi) is 4.33. The maximum absolute atomic E-state index is 12.6. The van der Waals surface area contributed by atoms with Crippen LogP contribution in [0.1, 0.15) is 27.0 Å². The van der Waals surface area contributed by atoms with Crippen LogP contribution < -0.4 is 9.83 Å². The second kappa shape index (κ2) is 5.92. The molecule has 0 saturated carbocycles. The minimum absolute atomic E-state index is 0.0272. The summed E-state index contributed by atoms with van der Waals surface area (Å²) in [5, 5.41) is 20.5. The molecule has 2 N–H and O–H groups in total. The molecule has 0 saturated heterocycles. The maximum atomic E-state index is 12.6. The number of hydrogen-bond donors (Lipinski definition) is 2. The van der Waals surface area contributed by atoms with Crippen molar-refractivity contribution >= 4 is 21.7 Å². The summed E-state index contributed by atoms with van der Waals surface area (Å²) < 4.78 is 27.4. The van der Waals surface area contributed by atoms with Gasteiger partial charge in [-0.05, 0) is 50.1 Å². The summed E-state index contributed by atoms with van der Waals surface area (Å²) in [7, 11) is -3.88. The molecule has 0 atom stereocenters. The van der Waals surface area contributed by atoms with Gasteiger partial charge in [0.05, 0.1) is 10.5 Å². The molecule has 0 radical (unpaired) electrons. The Hall–Kier alpha value is -2.54. The van der Waals surface area contributed by atoms with Gasteiger partial charge in [-0.1, -0.05) is 23.4 Å². The third kappa shape index (κ3) is 3.45. The lowest BCUT2D eigenvalue weighted by Gasteiger charge is -2.16. The molecule has 0 bridgehead atoms. The Morgan fingerprint density at radius 2 is 1.65 bits per heavy atom. The summed E-state index contributed by atoms with van der Waals surface area (Å²) in [5.41, 5.74) is 1.76. The van der Waals surface area contributed by atoms with Crippen LogP contribution in [0.25, 0.3) is 0 Å². The standard InChI is InChI=1S/C16H17NO5S/c1-9-6-10(2)15(11(3)7-9)23(21,22)17-12-4-5-13(16(19)20)14(18)8-12/h4-8,17-18H,1-3H3,(H,19,20)/p-1. The molecule has 0 heterocycles. The molecular weight excluding hydrogens is 318 g/mol. The molecule has 0 amide bonds. The highest BCUT2D eigenvalue weighted by Crippen LogP contribution is 2.26. The van der Waals surface area contributed by atoms with Crippen LogP contribution in [0.2, 0.25) is 0 Å². The van der Waals surface area contributed by atoms with Crippen LogP contribution in [0.15, 0.2) is 35.2 Å². The number of carboxylic acid groups (broad SMARTS) is 1. The minimum Gasteiger partial charge on any atom is -0.872 e. The molecule has 2 aromatic carbocycles. The van der Waals surface area contributed by atoms with Crippen LogP contribution in [0.4, 0.5) is 5.69 Å². The third-order valence-electron chi connectivity index (χ3n) is 3.34. The fourth-order valence-electron chi connectivity index (χ4n) is 2.56. The van der Waals surface area contributed by atoms with E-state index >= 15 is 0 Å². The highest BCUT2D eigenvalue weighted by atomic mass is 32.2. The number of hydrogen-bond acceptors (Lipinski definition) is 4. The first-order valence-corrected chi connectivity index (χ1v) is 8.25. The van der Waals surface area contributed by atoms with Crippen LogP contribution in [0.5, 0.6) is 5.75 Å². The Balaban J connectivity index is 2.44. The van der Waals surface area contributed by atoms with Crippen molar-refractivity contribution in [3.05, 3.63) is 52.6 Å². The molecule has 2 aromatic rings. The van der Waals surface area contributed by atoms with Crippen molar-refractivity contribution < 1.29 is 23.4 Å². The van der Waals surface area contributed by atoms with Gasteiger partial charge in [0, 0.05) is 5.69 Å². The van der Waals surface area contributed by atoms with Gasteiger partial charge >= 0.3 is 5.97 Å². The summed E-state index contributed by atoms with van der Waals surface area (Å²) in [5.74, 6) is -2.11. The van der Waals surface area contributed by atoms with Crippen LogP contribution in [-0.2, 0) is 10.0 Å². The van der Waals surface area contributed by atoms with Crippen molar-refractivity contribution in [2.45, 2.75) is 25.7 Å². The Bertz CT molecular complexity index is 864. The summed E-state index contributed by atoms with van der Waals surface area (Å²) in [6.45, 7) is 5.26. The van der Waals surface area contributed by atoms with Crippen LogP contribution >= 0.6 is 0 Å². The van der Waals surface area contributed by atoms with Gasteiger partial charge in [0.2, 0.25) is 0 Å². The van der Waals surface area contributed by atoms with Gasteiger partial charge in [-0.25, -0.2) is 13.2 Å². The first kappa shape index (κ1) is 16.8. The number of aromatic carboxylic acids is 1. The first-order chi connectivity index (χ1) is 10.6. The molecule has 2 rings (SSSR count). The van der Waals surface area contributed by atoms with Gasteiger partial charge in [0.25, 0.3) is 10.0 Å². The lowest BCUT2D eigenvalue weighted by atomic mass is 10.1. The molecule has 0 aliphatic carbocycles. The van der Waals surface area contributed by atoms with Gasteiger partial charge in [-0.2, -0.15) is 0 Å². The zero-order chi connectivity index (χ0) is 17.4. The lowest BCUT2D eigenvalue weighted by Crippen LogP contribution is -2.16. The predicted molar refractivity (Wildman–Crippen MR) is 84.3 cm³/mol. The normalized spacial score (nSPS) is 11.3. The molecule has 0 fully saturated rings. The van der Waals surface area contributed by atoms with E-state index in [4.69, 9.17) is 5.11 Å². The molecule has 7 heteroatoms. The quantitative estimate of drug-likeness (QED) is 0.891. The molecule has 0 unspecified atom stereocenters. The van der Waals surface area contributed by atoms with Crippen molar-refractivity contribution in [2.75, 3.05) is 4.72 Å². The number of sulfonamides is 1. The Labute approximate surface area is 134 Å². The zero-order valence-corrected chi connectivity index (χ0v) is 13.7. The topological polar surface area (TPSA) is 107 Å². The average Bonchev–Trinajstić information content (AvgIpc) is 2.35. The fraction of sp³-hybridized carbons (Fsp3) is 0.188. The van der Waals surface area contributed by atoms with E-state index in [2.05, 4.69) is 4.72 Å².